The van der Waals surface area contributed by atoms with E-state index < -0.39 is 0 Å². The van der Waals surface area contributed by atoms with Crippen molar-refractivity contribution in [2.45, 2.75) is 6.92 Å². The molecule has 0 saturated carbocycles. The second-order valence-electron chi connectivity index (χ2n) is 3.48. The number of hydrogen-bond donors (Lipinski definition) is 2. The molecule has 0 radical (unpaired) electrons. The molecular weight excluding hydrogens is 216 g/mol. The van der Waals surface area contributed by atoms with Crippen molar-refractivity contribution in [2.75, 3.05) is 0 Å². The van der Waals surface area contributed by atoms with Crippen molar-refractivity contribution in [3.63, 3.8) is 0 Å². The summed E-state index contributed by atoms with van der Waals surface area (Å²) in [6.07, 6.45) is 3.24. The normalized spacial score (nSPS) is 9.94. The molecule has 0 aliphatic heterocycles. The van der Waals surface area contributed by atoms with Gasteiger partial charge in [0.15, 0.2) is 0 Å². The van der Waals surface area contributed by atoms with Gasteiger partial charge in [0.25, 0.3) is 0 Å². The Hall–Kier alpha value is -2.43. The lowest BCUT2D eigenvalue weighted by Gasteiger charge is -2.07. The zero-order valence-corrected chi connectivity index (χ0v) is 9.34. The van der Waals surface area contributed by atoms with Crippen molar-refractivity contribution in [3.8, 4) is 11.5 Å². The van der Waals surface area contributed by atoms with Crippen LogP contribution in [0.4, 0.5) is 0 Å². The van der Waals surface area contributed by atoms with Crippen LogP contribution in [0.25, 0.3) is 0 Å². The highest BCUT2D eigenvalue weighted by Crippen LogP contribution is 2.22. The Morgan fingerprint density at radius 3 is 2.71 bits per heavy atom. The van der Waals surface area contributed by atoms with Crippen LogP contribution < -0.4 is 10.5 Å². The van der Waals surface area contributed by atoms with Crippen LogP contribution in [0.5, 0.6) is 11.5 Å². The van der Waals surface area contributed by atoms with Gasteiger partial charge in [0, 0.05) is 6.20 Å². The smallest absolute Gasteiger partial charge is 0.148 e. The number of amidine groups is 1. The SMILES string of the molecule is Cc1ncccc1Oc1ccc(C(=N)N)nc1. The maximum Gasteiger partial charge on any atom is 0.148 e. The van der Waals surface area contributed by atoms with Crippen LogP contribution in [0.2, 0.25) is 0 Å². The maximum atomic E-state index is 7.23. The van der Waals surface area contributed by atoms with Gasteiger partial charge >= 0.3 is 0 Å². The Balaban J connectivity index is 2.20. The van der Waals surface area contributed by atoms with Crippen LogP contribution >= 0.6 is 0 Å². The van der Waals surface area contributed by atoms with E-state index >= 15 is 0 Å². The first-order chi connectivity index (χ1) is 8.16. The van der Waals surface area contributed by atoms with Crippen LogP contribution in [0.1, 0.15) is 11.4 Å². The summed E-state index contributed by atoms with van der Waals surface area (Å²) in [5.41, 5.74) is 6.55. The molecule has 0 amide bonds. The number of ether oxygens (including phenoxy) is 1. The molecule has 0 bridgehead atoms. The average Bonchev–Trinajstić information content (AvgIpc) is 2.33. The lowest BCUT2D eigenvalue weighted by Crippen LogP contribution is -2.12. The van der Waals surface area contributed by atoms with Crippen LogP contribution in [-0.4, -0.2) is 15.8 Å². The highest BCUT2D eigenvalue weighted by molar-refractivity contribution is 5.92. The minimum Gasteiger partial charge on any atom is -0.454 e. The van der Waals surface area contributed by atoms with Gasteiger partial charge in [0.2, 0.25) is 0 Å². The lowest BCUT2D eigenvalue weighted by atomic mass is 10.3. The number of nitrogens with zero attached hydrogens (tertiary/aromatic N) is 2. The van der Waals surface area contributed by atoms with Crippen molar-refractivity contribution in [1.82, 2.24) is 9.97 Å². The van der Waals surface area contributed by atoms with Crippen molar-refractivity contribution in [2.24, 2.45) is 5.73 Å². The quantitative estimate of drug-likeness (QED) is 0.620. The Bertz CT molecular complexity index is 536. The summed E-state index contributed by atoms with van der Waals surface area (Å²) in [6, 6.07) is 7.00. The fourth-order valence-electron chi connectivity index (χ4n) is 1.30. The summed E-state index contributed by atoms with van der Waals surface area (Å²) in [5.74, 6) is 1.21. The summed E-state index contributed by atoms with van der Waals surface area (Å²) in [6.45, 7) is 1.87. The molecule has 5 nitrogen and oxygen atoms in total. The Morgan fingerprint density at radius 1 is 1.29 bits per heavy atom. The molecule has 0 aromatic carbocycles. The van der Waals surface area contributed by atoms with Crippen molar-refractivity contribution < 1.29 is 4.74 Å². The molecule has 5 heteroatoms. The van der Waals surface area contributed by atoms with Gasteiger partial charge in [-0.25, -0.2) is 4.98 Å². The second kappa shape index (κ2) is 4.61. The van der Waals surface area contributed by atoms with Gasteiger partial charge in [-0.05, 0) is 31.2 Å². The summed E-state index contributed by atoms with van der Waals surface area (Å²) < 4.78 is 5.61. The highest BCUT2D eigenvalue weighted by atomic mass is 16.5. The van der Waals surface area contributed by atoms with E-state index in [1.165, 1.54) is 6.20 Å². The molecule has 86 valence electrons. The molecular formula is C12H12N4O. The Labute approximate surface area is 98.8 Å². The molecule has 0 saturated heterocycles. The maximum absolute atomic E-state index is 7.23. The molecule has 2 aromatic heterocycles. The van der Waals surface area contributed by atoms with E-state index in [-0.39, 0.29) is 5.84 Å². The van der Waals surface area contributed by atoms with Gasteiger partial charge in [-0.3, -0.25) is 10.4 Å². The lowest BCUT2D eigenvalue weighted by molar-refractivity contribution is 0.473. The van der Waals surface area contributed by atoms with Gasteiger partial charge < -0.3 is 10.5 Å². The first kappa shape index (κ1) is 11.1. The third kappa shape index (κ3) is 2.57. The third-order valence-electron chi connectivity index (χ3n) is 2.20. The number of aryl methyl sites for hydroxylation is 1. The monoisotopic (exact) mass is 228 g/mol. The third-order valence-corrected chi connectivity index (χ3v) is 2.20. The van der Waals surface area contributed by atoms with Crippen molar-refractivity contribution in [3.05, 3.63) is 48.0 Å². The molecule has 17 heavy (non-hydrogen) atoms. The molecule has 0 fully saturated rings. The second-order valence-corrected chi connectivity index (χ2v) is 3.48. The predicted molar refractivity (Wildman–Crippen MR) is 64.3 cm³/mol. The zero-order valence-electron chi connectivity index (χ0n) is 9.34. The van der Waals surface area contributed by atoms with Crippen molar-refractivity contribution in [1.29, 1.82) is 5.41 Å². The number of rotatable bonds is 3. The van der Waals surface area contributed by atoms with Crippen LogP contribution in [0.3, 0.4) is 0 Å². The molecule has 0 aliphatic rings. The van der Waals surface area contributed by atoms with Crippen molar-refractivity contribution >= 4 is 5.84 Å². The molecule has 0 atom stereocenters. The minimum atomic E-state index is -0.0610. The summed E-state index contributed by atoms with van der Waals surface area (Å²) in [4.78, 5) is 8.13. The summed E-state index contributed by atoms with van der Waals surface area (Å²) >= 11 is 0. The summed E-state index contributed by atoms with van der Waals surface area (Å²) in [5, 5.41) is 7.23. The molecule has 0 spiro atoms. The predicted octanol–water partition coefficient (Wildman–Crippen LogP) is 1.86. The average molecular weight is 228 g/mol. The first-order valence-electron chi connectivity index (χ1n) is 5.07. The van der Waals surface area contributed by atoms with E-state index in [1.807, 2.05) is 13.0 Å². The first-order valence-corrected chi connectivity index (χ1v) is 5.07. The number of nitrogens with two attached hydrogens (primary N) is 1. The Morgan fingerprint density at radius 2 is 2.12 bits per heavy atom. The Kier molecular flexibility index (Phi) is 3.00. The molecule has 0 unspecified atom stereocenters. The van der Waals surface area contributed by atoms with Gasteiger partial charge in [-0.2, -0.15) is 0 Å². The van der Waals surface area contributed by atoms with Crippen LogP contribution in [0, 0.1) is 12.3 Å². The van der Waals surface area contributed by atoms with Gasteiger partial charge in [-0.15, -0.1) is 0 Å². The summed E-state index contributed by atoms with van der Waals surface area (Å²) in [7, 11) is 0. The molecule has 2 heterocycles. The van der Waals surface area contributed by atoms with Gasteiger partial charge in [0.05, 0.1) is 11.9 Å². The fourth-order valence-corrected chi connectivity index (χ4v) is 1.30. The number of pyridine rings is 2. The number of hydrogen-bond acceptors (Lipinski definition) is 4. The molecule has 3 N–H and O–H groups in total. The number of nitrogens with one attached hydrogen (secondary N) is 1. The molecule has 2 aromatic rings. The van der Waals surface area contributed by atoms with E-state index in [0.29, 0.717) is 17.2 Å². The van der Waals surface area contributed by atoms with E-state index in [1.54, 1.807) is 24.4 Å². The van der Waals surface area contributed by atoms with E-state index in [2.05, 4.69) is 9.97 Å². The van der Waals surface area contributed by atoms with Gasteiger partial charge in [-0.1, -0.05) is 0 Å². The van der Waals surface area contributed by atoms with Crippen LogP contribution in [0.15, 0.2) is 36.7 Å². The number of aromatic nitrogens is 2. The molecule has 2 rings (SSSR count). The van der Waals surface area contributed by atoms with E-state index in [4.69, 9.17) is 15.9 Å². The van der Waals surface area contributed by atoms with Gasteiger partial charge in [0.1, 0.15) is 23.0 Å². The largest absolute Gasteiger partial charge is 0.454 e. The molecule has 0 aliphatic carbocycles. The van der Waals surface area contributed by atoms with E-state index in [0.717, 1.165) is 5.69 Å². The van der Waals surface area contributed by atoms with E-state index in [9.17, 15) is 0 Å². The highest BCUT2D eigenvalue weighted by Gasteiger charge is 2.03. The fraction of sp³-hybridized carbons (Fsp3) is 0.0833. The van der Waals surface area contributed by atoms with Crippen LogP contribution in [-0.2, 0) is 0 Å². The zero-order chi connectivity index (χ0) is 12.3. The standard InChI is InChI=1S/C12H12N4O/c1-8-11(3-2-6-15-8)17-9-4-5-10(12(13)14)16-7-9/h2-7H,1H3,(H3,13,14). The topological polar surface area (TPSA) is 84.9 Å². The minimum absolute atomic E-state index is 0.0610. The number of nitrogen functional groups attached to an aromatic ring is 1.